The third-order valence-electron chi connectivity index (χ3n) is 6.84. The topological polar surface area (TPSA) is 122 Å². The van der Waals surface area contributed by atoms with Gasteiger partial charge in [0, 0.05) is 58.2 Å². The van der Waals surface area contributed by atoms with Gasteiger partial charge in [0.25, 0.3) is 0 Å². The molecule has 0 radical (unpaired) electrons. The second kappa shape index (κ2) is 11.0. The Balaban J connectivity index is 1.40. The summed E-state index contributed by atoms with van der Waals surface area (Å²) in [6, 6.07) is 7.38. The summed E-state index contributed by atoms with van der Waals surface area (Å²) in [5.74, 6) is 0.312. The molecule has 11 nitrogen and oxygen atoms in total. The van der Waals surface area contributed by atoms with Crippen LogP contribution in [0.5, 0.6) is 5.75 Å². The molecule has 0 aliphatic carbocycles. The molecule has 0 N–H and O–H groups in total. The minimum absolute atomic E-state index is 0.00223. The van der Waals surface area contributed by atoms with Crippen LogP contribution in [0.3, 0.4) is 0 Å². The number of aryl methyl sites for hydroxylation is 2. The molecule has 204 valence electrons. The van der Waals surface area contributed by atoms with E-state index in [4.69, 9.17) is 9.26 Å². The molecule has 0 unspecified atom stereocenters. The average molecular weight is 543 g/mol. The molecule has 0 atom stereocenters. The fraction of sp³-hybridized carbons (Fsp3) is 0.462. The molecule has 1 saturated heterocycles. The van der Waals surface area contributed by atoms with Gasteiger partial charge in [0.05, 0.1) is 12.0 Å². The van der Waals surface area contributed by atoms with Crippen molar-refractivity contribution in [3.63, 3.8) is 0 Å². The highest BCUT2D eigenvalue weighted by atomic mass is 32.2. The maximum absolute atomic E-state index is 13.1. The first-order valence-corrected chi connectivity index (χ1v) is 14.0. The number of amides is 1. The standard InChI is InChI=1S/C26H34N6O5S/c1-17-13-21(36-6)14-18(2)24(17)38(34,35)16-22-28-25(37-29-22)26(33)31(5)19-8-11-32(12-9-19)20-7-10-27-23(15-20)30(3)4/h7,10,13-15,19H,8-9,11-12,16H2,1-6H3. The quantitative estimate of drug-likeness (QED) is 0.420. The second-order valence-electron chi connectivity index (χ2n) is 9.77. The van der Waals surface area contributed by atoms with Crippen LogP contribution in [0.2, 0.25) is 0 Å². The largest absolute Gasteiger partial charge is 0.497 e. The predicted molar refractivity (Wildman–Crippen MR) is 144 cm³/mol. The molecule has 4 rings (SSSR count). The molecular weight excluding hydrogens is 508 g/mol. The van der Waals surface area contributed by atoms with E-state index in [0.717, 1.165) is 37.4 Å². The zero-order valence-corrected chi connectivity index (χ0v) is 23.4. The van der Waals surface area contributed by atoms with Crippen molar-refractivity contribution in [2.24, 2.45) is 0 Å². The van der Waals surface area contributed by atoms with Crippen molar-refractivity contribution >= 4 is 27.2 Å². The van der Waals surface area contributed by atoms with Gasteiger partial charge in [0.2, 0.25) is 0 Å². The summed E-state index contributed by atoms with van der Waals surface area (Å²) in [7, 11) is 3.38. The molecule has 38 heavy (non-hydrogen) atoms. The fourth-order valence-corrected chi connectivity index (χ4v) is 6.54. The van der Waals surface area contributed by atoms with E-state index in [0.29, 0.717) is 16.9 Å². The van der Waals surface area contributed by atoms with E-state index in [1.165, 1.54) is 7.11 Å². The van der Waals surface area contributed by atoms with Crippen LogP contribution in [0.1, 0.15) is 40.5 Å². The Kier molecular flexibility index (Phi) is 7.91. The van der Waals surface area contributed by atoms with E-state index >= 15 is 0 Å². The zero-order chi connectivity index (χ0) is 27.6. The lowest BCUT2D eigenvalue weighted by atomic mass is 10.0. The van der Waals surface area contributed by atoms with Gasteiger partial charge >= 0.3 is 11.8 Å². The first-order chi connectivity index (χ1) is 18.0. The van der Waals surface area contributed by atoms with Gasteiger partial charge in [-0.15, -0.1) is 0 Å². The maximum atomic E-state index is 13.1. The molecule has 3 heterocycles. The summed E-state index contributed by atoms with van der Waals surface area (Å²) < 4.78 is 36.7. The Bertz CT molecular complexity index is 1390. The lowest BCUT2D eigenvalue weighted by Gasteiger charge is -2.37. The van der Waals surface area contributed by atoms with Crippen molar-refractivity contribution in [2.45, 2.75) is 43.4 Å². The van der Waals surface area contributed by atoms with E-state index < -0.39 is 21.5 Å². The van der Waals surface area contributed by atoms with E-state index in [9.17, 15) is 13.2 Å². The van der Waals surface area contributed by atoms with E-state index in [1.807, 2.05) is 25.1 Å². The number of rotatable bonds is 8. The molecule has 3 aromatic rings. The molecule has 1 aliphatic heterocycles. The number of sulfone groups is 1. The van der Waals surface area contributed by atoms with Crippen LogP contribution < -0.4 is 14.5 Å². The molecule has 1 fully saturated rings. The molecule has 1 aromatic carbocycles. The maximum Gasteiger partial charge on any atom is 0.316 e. The number of pyridine rings is 1. The minimum atomic E-state index is -3.77. The first kappa shape index (κ1) is 27.4. The smallest absolute Gasteiger partial charge is 0.316 e. The Hall–Kier alpha value is -3.67. The number of hydrogen-bond donors (Lipinski definition) is 0. The summed E-state index contributed by atoms with van der Waals surface area (Å²) >= 11 is 0. The van der Waals surface area contributed by atoms with Crippen molar-refractivity contribution in [3.05, 3.63) is 53.3 Å². The minimum Gasteiger partial charge on any atom is -0.497 e. The van der Waals surface area contributed by atoms with Crippen molar-refractivity contribution in [1.29, 1.82) is 0 Å². The van der Waals surface area contributed by atoms with Crippen molar-refractivity contribution in [1.82, 2.24) is 20.0 Å². The third kappa shape index (κ3) is 5.74. The van der Waals surface area contributed by atoms with Crippen LogP contribution >= 0.6 is 0 Å². The van der Waals surface area contributed by atoms with Gasteiger partial charge in [0.15, 0.2) is 15.7 Å². The molecule has 12 heteroatoms. The highest BCUT2D eigenvalue weighted by molar-refractivity contribution is 7.90. The molecule has 1 amide bonds. The van der Waals surface area contributed by atoms with Gasteiger partial charge in [0.1, 0.15) is 17.3 Å². The van der Waals surface area contributed by atoms with Gasteiger partial charge in [-0.1, -0.05) is 5.16 Å². The number of piperidine rings is 1. The van der Waals surface area contributed by atoms with Gasteiger partial charge < -0.3 is 24.0 Å². The summed E-state index contributed by atoms with van der Waals surface area (Å²) in [5, 5.41) is 3.79. The van der Waals surface area contributed by atoms with Gasteiger partial charge in [-0.05, 0) is 56.0 Å². The molecule has 0 spiro atoms. The van der Waals surface area contributed by atoms with Crippen LogP contribution in [0.15, 0.2) is 39.9 Å². The summed E-state index contributed by atoms with van der Waals surface area (Å²) in [4.78, 5) is 27.6. The molecule has 0 saturated carbocycles. The van der Waals surface area contributed by atoms with Crippen molar-refractivity contribution in [2.75, 3.05) is 51.1 Å². The van der Waals surface area contributed by atoms with Crippen molar-refractivity contribution < 1.29 is 22.5 Å². The average Bonchev–Trinajstić information content (AvgIpc) is 3.34. The SMILES string of the molecule is COc1cc(C)c(S(=O)(=O)Cc2noc(C(=O)N(C)C3CCN(c4ccnc(N(C)C)c4)CC3)n2)c(C)c1. The molecule has 0 bridgehead atoms. The predicted octanol–water partition coefficient (Wildman–Crippen LogP) is 2.87. The molecule has 1 aliphatic rings. The first-order valence-electron chi connectivity index (χ1n) is 12.4. The number of carbonyl (C=O) groups excluding carboxylic acids is 1. The third-order valence-corrected chi connectivity index (χ3v) is 8.74. The number of ether oxygens (including phenoxy) is 1. The normalized spacial score (nSPS) is 14.4. The summed E-state index contributed by atoms with van der Waals surface area (Å²) in [6.45, 7) is 4.99. The fourth-order valence-electron chi connectivity index (χ4n) is 4.84. The van der Waals surface area contributed by atoms with Gasteiger partial charge in [-0.2, -0.15) is 4.98 Å². The van der Waals surface area contributed by atoms with Crippen LogP contribution in [0, 0.1) is 13.8 Å². The van der Waals surface area contributed by atoms with Crippen LogP contribution in [0.4, 0.5) is 11.5 Å². The zero-order valence-electron chi connectivity index (χ0n) is 22.6. The number of hydrogen-bond acceptors (Lipinski definition) is 10. The number of methoxy groups -OCH3 is 1. The summed E-state index contributed by atoms with van der Waals surface area (Å²) in [6.07, 6.45) is 3.34. The lowest BCUT2D eigenvalue weighted by molar-refractivity contribution is 0.0659. The van der Waals surface area contributed by atoms with Crippen LogP contribution in [-0.4, -0.2) is 81.7 Å². The van der Waals surface area contributed by atoms with Crippen LogP contribution in [0.25, 0.3) is 0 Å². The number of anilines is 2. The van der Waals surface area contributed by atoms with Crippen molar-refractivity contribution in [3.8, 4) is 5.75 Å². The van der Waals surface area contributed by atoms with Gasteiger partial charge in [-0.25, -0.2) is 13.4 Å². The molecular formula is C26H34N6O5S. The van der Waals surface area contributed by atoms with E-state index in [-0.39, 0.29) is 22.7 Å². The number of nitrogens with zero attached hydrogens (tertiary/aromatic N) is 6. The van der Waals surface area contributed by atoms with Crippen LogP contribution in [-0.2, 0) is 15.6 Å². The van der Waals surface area contributed by atoms with Gasteiger partial charge in [-0.3, -0.25) is 4.79 Å². The Morgan fingerprint density at radius 3 is 2.39 bits per heavy atom. The number of benzene rings is 1. The number of aromatic nitrogens is 3. The Labute approximate surface area is 223 Å². The lowest BCUT2D eigenvalue weighted by Crippen LogP contribution is -2.45. The summed E-state index contributed by atoms with van der Waals surface area (Å²) in [5.41, 5.74) is 2.23. The van der Waals surface area contributed by atoms with E-state index in [1.54, 1.807) is 44.1 Å². The number of carbonyl (C=O) groups is 1. The monoisotopic (exact) mass is 542 g/mol. The Morgan fingerprint density at radius 1 is 1.13 bits per heavy atom. The molecule has 2 aromatic heterocycles. The van der Waals surface area contributed by atoms with E-state index in [2.05, 4.69) is 26.1 Å². The highest BCUT2D eigenvalue weighted by Crippen LogP contribution is 2.28. The Morgan fingerprint density at radius 2 is 1.79 bits per heavy atom. The highest BCUT2D eigenvalue weighted by Gasteiger charge is 2.30. The second-order valence-corrected chi connectivity index (χ2v) is 11.7.